The van der Waals surface area contributed by atoms with Gasteiger partial charge in [0.05, 0.1) is 0 Å². The Bertz CT molecular complexity index is 266. The van der Waals surface area contributed by atoms with E-state index < -0.39 is 49.2 Å². The lowest BCUT2D eigenvalue weighted by Gasteiger charge is -2.20. The Balaban J connectivity index is 5.12. The smallest absolute Gasteiger partial charge is 0.250 e. The van der Waals surface area contributed by atoms with Gasteiger partial charge in [-0.1, -0.05) is 12.2 Å². The van der Waals surface area contributed by atoms with Gasteiger partial charge in [-0.05, 0) is 0 Å². The summed E-state index contributed by atoms with van der Waals surface area (Å²) in [7, 11) is 0. The maximum absolute atomic E-state index is 11.9. The molecule has 1 unspecified atom stereocenters. The molecule has 0 aromatic heterocycles. The maximum atomic E-state index is 11.9. The largest absolute Gasteiger partial charge is 0.403 e. The zero-order chi connectivity index (χ0) is 14.8. The highest BCUT2D eigenvalue weighted by atomic mass is 19.4. The van der Waals surface area contributed by atoms with Crippen LogP contribution in [0.1, 0.15) is 0 Å². The predicted octanol–water partition coefficient (Wildman–Crippen LogP) is 4.43. The molecule has 18 heavy (non-hydrogen) atoms. The molecule has 0 aliphatic carbocycles. The maximum Gasteiger partial charge on any atom is 0.403 e. The van der Waals surface area contributed by atoms with E-state index in [2.05, 4.69) is 0 Å². The second-order valence-electron chi connectivity index (χ2n) is 3.25. The van der Waals surface area contributed by atoms with E-state index >= 15 is 0 Å². The fraction of sp³-hybridized carbons (Fsp3) is 0.750. The average Bonchev–Trinajstić information content (AvgIpc) is 2.05. The van der Waals surface area contributed by atoms with Crippen molar-refractivity contribution in [2.24, 2.45) is 11.8 Å². The van der Waals surface area contributed by atoms with Crippen LogP contribution >= 0.6 is 0 Å². The summed E-state index contributed by atoms with van der Waals surface area (Å²) in [4.78, 5) is 0. The topological polar surface area (TPSA) is 0 Å². The first-order chi connectivity index (χ1) is 7.80. The first-order valence-corrected chi connectivity index (χ1v) is 4.24. The number of hydrogen-bond donors (Lipinski definition) is 0. The van der Waals surface area contributed by atoms with Gasteiger partial charge in [0.1, 0.15) is 12.6 Å². The molecule has 0 aromatic rings. The molecule has 0 nitrogen and oxygen atoms in total. The monoisotopic (exact) mass is 292 g/mol. The minimum absolute atomic E-state index is 0.467. The number of hydrogen-bond acceptors (Lipinski definition) is 0. The van der Waals surface area contributed by atoms with Gasteiger partial charge in [-0.2, -0.15) is 39.5 Å². The molecule has 108 valence electrons. The fourth-order valence-electron chi connectivity index (χ4n) is 0.897. The van der Waals surface area contributed by atoms with Crippen molar-refractivity contribution in [1.82, 2.24) is 0 Å². The Morgan fingerprint density at radius 2 is 1.06 bits per heavy atom. The quantitative estimate of drug-likeness (QED) is 0.533. The lowest BCUT2D eigenvalue weighted by molar-refractivity contribution is -0.268. The Morgan fingerprint density at radius 3 is 1.28 bits per heavy atom. The van der Waals surface area contributed by atoms with Gasteiger partial charge in [-0.15, -0.1) is 0 Å². The van der Waals surface area contributed by atoms with Crippen LogP contribution in [0.2, 0.25) is 0 Å². The summed E-state index contributed by atoms with van der Waals surface area (Å²) in [5.41, 5.74) is 0. The Hall–Kier alpha value is -0.960. The van der Waals surface area contributed by atoms with Crippen molar-refractivity contribution in [3.8, 4) is 0 Å². The molecule has 0 radical (unpaired) electrons. The van der Waals surface area contributed by atoms with E-state index in [1.54, 1.807) is 0 Å². The van der Waals surface area contributed by atoms with Gasteiger partial charge in [0, 0.05) is 0 Å². The lowest BCUT2D eigenvalue weighted by Crippen LogP contribution is -2.35. The average molecular weight is 292 g/mol. The van der Waals surface area contributed by atoms with Crippen molar-refractivity contribution in [3.05, 3.63) is 12.2 Å². The minimum atomic E-state index is -5.79. The third-order valence-corrected chi connectivity index (χ3v) is 1.83. The highest BCUT2D eigenvalue weighted by Gasteiger charge is 2.55. The van der Waals surface area contributed by atoms with Crippen LogP contribution in [0.15, 0.2) is 12.2 Å². The first kappa shape index (κ1) is 17.0. The lowest BCUT2D eigenvalue weighted by atomic mass is 10.0. The standard InChI is InChI=1S/C8H6F10/c9-3-4(6(10,11)12)1-2-5(7(13,14)15)8(16,17)18/h1-2,4-5H,3H2/b2-1+. The molecule has 0 aliphatic heterocycles. The predicted molar refractivity (Wildman–Crippen MR) is 40.3 cm³/mol. The highest BCUT2D eigenvalue weighted by Crippen LogP contribution is 2.40. The molecular weight excluding hydrogens is 286 g/mol. The van der Waals surface area contributed by atoms with E-state index in [4.69, 9.17) is 0 Å². The third-order valence-electron chi connectivity index (χ3n) is 1.83. The Morgan fingerprint density at radius 1 is 0.667 bits per heavy atom. The van der Waals surface area contributed by atoms with Crippen LogP contribution in [0, 0.1) is 11.8 Å². The molecule has 0 saturated carbocycles. The summed E-state index contributed by atoms with van der Waals surface area (Å²) in [6.07, 6.45) is -18.0. The van der Waals surface area contributed by atoms with Crippen molar-refractivity contribution < 1.29 is 43.9 Å². The van der Waals surface area contributed by atoms with Crippen LogP contribution in [-0.4, -0.2) is 25.2 Å². The van der Waals surface area contributed by atoms with Gasteiger partial charge in [-0.3, -0.25) is 4.39 Å². The zero-order valence-electron chi connectivity index (χ0n) is 8.30. The SMILES string of the molecule is FCC(/C=C/C(C(F)(F)F)C(F)(F)F)C(F)(F)F. The number of allylic oxidation sites excluding steroid dienone is 2. The van der Waals surface area contributed by atoms with Gasteiger partial charge in [0.2, 0.25) is 0 Å². The van der Waals surface area contributed by atoms with Crippen molar-refractivity contribution >= 4 is 0 Å². The highest BCUT2D eigenvalue weighted by molar-refractivity contribution is 5.00. The fourth-order valence-corrected chi connectivity index (χ4v) is 0.897. The van der Waals surface area contributed by atoms with E-state index in [1.165, 1.54) is 0 Å². The van der Waals surface area contributed by atoms with Crippen LogP contribution in [0.3, 0.4) is 0 Å². The van der Waals surface area contributed by atoms with Gasteiger partial charge >= 0.3 is 18.5 Å². The number of rotatable bonds is 3. The summed E-state index contributed by atoms with van der Waals surface area (Å²) in [5.74, 6) is -7.05. The van der Waals surface area contributed by atoms with E-state index in [-0.39, 0.29) is 0 Å². The zero-order valence-corrected chi connectivity index (χ0v) is 8.30. The molecule has 0 rings (SSSR count). The molecule has 0 aromatic carbocycles. The van der Waals surface area contributed by atoms with Crippen LogP contribution in [0.25, 0.3) is 0 Å². The number of alkyl halides is 10. The van der Waals surface area contributed by atoms with Gasteiger partial charge < -0.3 is 0 Å². The molecule has 0 heterocycles. The van der Waals surface area contributed by atoms with E-state index in [0.717, 1.165) is 0 Å². The summed E-state index contributed by atoms with van der Waals surface area (Å²) in [6, 6.07) is 0. The number of halogens is 10. The molecule has 0 aliphatic rings. The van der Waals surface area contributed by atoms with Crippen molar-refractivity contribution in [2.45, 2.75) is 18.5 Å². The molecular formula is C8H6F10. The van der Waals surface area contributed by atoms with E-state index in [0.29, 0.717) is 0 Å². The molecule has 10 heteroatoms. The van der Waals surface area contributed by atoms with E-state index in [9.17, 15) is 43.9 Å². The summed E-state index contributed by atoms with van der Waals surface area (Å²) in [6.45, 7) is -2.14. The molecule has 0 spiro atoms. The Kier molecular flexibility index (Phi) is 5.07. The normalized spacial score (nSPS) is 16.6. The third kappa shape index (κ3) is 5.13. The van der Waals surface area contributed by atoms with Crippen LogP contribution < -0.4 is 0 Å². The van der Waals surface area contributed by atoms with Gasteiger partial charge in [0.15, 0.2) is 5.92 Å². The first-order valence-electron chi connectivity index (χ1n) is 4.24. The minimum Gasteiger partial charge on any atom is -0.250 e. The van der Waals surface area contributed by atoms with Crippen molar-refractivity contribution in [3.63, 3.8) is 0 Å². The van der Waals surface area contributed by atoms with E-state index in [1.807, 2.05) is 0 Å². The summed E-state index contributed by atoms with van der Waals surface area (Å²) >= 11 is 0. The van der Waals surface area contributed by atoms with Gasteiger partial charge in [-0.25, -0.2) is 0 Å². The molecule has 0 bridgehead atoms. The Labute approximate surface area is 94.3 Å². The summed E-state index contributed by atoms with van der Waals surface area (Å²) in [5, 5.41) is 0. The van der Waals surface area contributed by atoms with Crippen molar-refractivity contribution in [1.29, 1.82) is 0 Å². The second kappa shape index (κ2) is 5.35. The molecule has 0 N–H and O–H groups in total. The van der Waals surface area contributed by atoms with Crippen molar-refractivity contribution in [2.75, 3.05) is 6.67 Å². The molecule has 0 saturated heterocycles. The van der Waals surface area contributed by atoms with Crippen LogP contribution in [-0.2, 0) is 0 Å². The summed E-state index contributed by atoms with van der Waals surface area (Å²) < 4.78 is 119. The van der Waals surface area contributed by atoms with Crippen LogP contribution in [0.5, 0.6) is 0 Å². The second-order valence-corrected chi connectivity index (χ2v) is 3.25. The molecule has 0 fully saturated rings. The molecule has 0 amide bonds. The van der Waals surface area contributed by atoms with Gasteiger partial charge in [0.25, 0.3) is 0 Å². The van der Waals surface area contributed by atoms with Crippen LogP contribution in [0.4, 0.5) is 43.9 Å². The molecule has 1 atom stereocenters.